The predicted octanol–water partition coefficient (Wildman–Crippen LogP) is 4.95. The molecule has 1 saturated heterocycles. The molecule has 4 rings (SSSR count). The fourth-order valence-electron chi connectivity index (χ4n) is 3.42. The third-order valence-corrected chi connectivity index (χ3v) is 7.06. The summed E-state index contributed by atoms with van der Waals surface area (Å²) < 4.78 is 22.7. The zero-order valence-electron chi connectivity index (χ0n) is 18.2. The van der Waals surface area contributed by atoms with Gasteiger partial charge in [0.25, 0.3) is 0 Å². The van der Waals surface area contributed by atoms with Gasteiger partial charge >= 0.3 is 0 Å². The number of piperidine rings is 1. The lowest BCUT2D eigenvalue weighted by Gasteiger charge is -2.28. The molecule has 0 amide bonds. The average molecular weight is 484 g/mol. The minimum Gasteiger partial charge on any atom is -0.372 e. The molecule has 0 saturated carbocycles. The Labute approximate surface area is 197 Å². The normalized spacial score (nSPS) is 14.9. The van der Waals surface area contributed by atoms with Gasteiger partial charge in [-0.2, -0.15) is 5.10 Å². The van der Waals surface area contributed by atoms with Gasteiger partial charge in [-0.1, -0.05) is 23.5 Å². The van der Waals surface area contributed by atoms with Crippen LogP contribution in [0.25, 0.3) is 0 Å². The van der Waals surface area contributed by atoms with Gasteiger partial charge in [0.15, 0.2) is 5.00 Å². The number of nitrogens with zero attached hydrogens (tertiary/aromatic N) is 5. The Morgan fingerprint density at radius 3 is 2.39 bits per heavy atom. The Morgan fingerprint density at radius 1 is 1.03 bits per heavy atom. The first-order chi connectivity index (χ1) is 15.9. The van der Waals surface area contributed by atoms with E-state index in [9.17, 15) is 8.42 Å². The molecule has 1 fully saturated rings. The van der Waals surface area contributed by atoms with Crippen LogP contribution in [-0.2, 0) is 10.0 Å². The highest BCUT2D eigenvalue weighted by molar-refractivity contribution is 7.89. The minimum absolute atomic E-state index is 0.0286. The molecular weight excluding hydrogens is 458 g/mol. The molecule has 11 heteroatoms. The molecule has 3 N–H and O–H groups in total. The van der Waals surface area contributed by atoms with Crippen LogP contribution in [0.15, 0.2) is 68.8 Å². The fourth-order valence-corrected chi connectivity index (χ4v) is 4.67. The van der Waals surface area contributed by atoms with Crippen molar-refractivity contribution in [1.82, 2.24) is 4.98 Å². The molecule has 3 aromatic rings. The summed E-state index contributed by atoms with van der Waals surface area (Å²) >= 11 is 1.32. The number of nitrogens with two attached hydrogens (primary N) is 1. The van der Waals surface area contributed by atoms with E-state index in [-0.39, 0.29) is 4.90 Å². The van der Waals surface area contributed by atoms with E-state index >= 15 is 0 Å². The first-order valence-electron chi connectivity index (χ1n) is 10.5. The van der Waals surface area contributed by atoms with Gasteiger partial charge in [0, 0.05) is 18.8 Å². The highest BCUT2D eigenvalue weighted by Crippen LogP contribution is 2.32. The number of aryl methyl sites for hydroxylation is 1. The summed E-state index contributed by atoms with van der Waals surface area (Å²) in [6.45, 7) is 4.08. The Morgan fingerprint density at radius 2 is 1.73 bits per heavy atom. The number of rotatable bonds is 7. The fraction of sp³-hybridized carbons (Fsp3) is 0.273. The maximum Gasteiger partial charge on any atom is 0.238 e. The number of sulfonamides is 1. The zero-order chi connectivity index (χ0) is 23.3. The van der Waals surface area contributed by atoms with Crippen LogP contribution in [0.1, 0.15) is 30.5 Å². The van der Waals surface area contributed by atoms with Gasteiger partial charge in [-0.05, 0) is 68.1 Å². The first kappa shape index (κ1) is 23.0. The number of nitrogens with one attached hydrogen (secondary N) is 1. The lowest BCUT2D eigenvalue weighted by atomic mass is 10.1. The average Bonchev–Trinajstić information content (AvgIpc) is 3.17. The standard InChI is InChI=1S/C22H25N7O2S2/c1-16-21(27-26-18-7-11-20(12-8-18)33(23,30)31)32-22(25-16)28-24-15-17-5-9-19(10-6-17)29-13-3-2-4-14-29/h5-12,15H,2-4,13-14H2,1H3,(H,25,28)(H2,23,30,31)/b24-15+,27-26?. The van der Waals surface area contributed by atoms with Crippen LogP contribution < -0.4 is 15.5 Å². The van der Waals surface area contributed by atoms with E-state index in [1.807, 2.05) is 6.92 Å². The molecule has 0 bridgehead atoms. The second-order valence-electron chi connectivity index (χ2n) is 7.66. The number of hydrogen-bond acceptors (Lipinski definition) is 9. The number of benzene rings is 2. The van der Waals surface area contributed by atoms with Gasteiger partial charge in [-0.25, -0.2) is 18.5 Å². The SMILES string of the molecule is Cc1nc(N/N=C/c2ccc(N3CCCCC3)cc2)sc1N=Nc1ccc(S(N)(=O)=O)cc1. The Bertz CT molecular complexity index is 1240. The maximum absolute atomic E-state index is 11.3. The van der Waals surface area contributed by atoms with Crippen molar-refractivity contribution in [3.05, 3.63) is 59.8 Å². The summed E-state index contributed by atoms with van der Waals surface area (Å²) in [6, 6.07) is 14.3. The summed E-state index contributed by atoms with van der Waals surface area (Å²) in [6.07, 6.45) is 5.59. The molecule has 0 radical (unpaired) electrons. The monoisotopic (exact) mass is 483 g/mol. The van der Waals surface area contributed by atoms with Crippen molar-refractivity contribution in [2.45, 2.75) is 31.1 Å². The molecule has 1 aliphatic heterocycles. The lowest BCUT2D eigenvalue weighted by molar-refractivity contribution is 0.578. The van der Waals surface area contributed by atoms with Crippen LogP contribution in [0, 0.1) is 6.92 Å². The van der Waals surface area contributed by atoms with Gasteiger partial charge in [0.2, 0.25) is 15.2 Å². The van der Waals surface area contributed by atoms with Crippen LogP contribution in [0.5, 0.6) is 0 Å². The van der Waals surface area contributed by atoms with Crippen molar-refractivity contribution in [3.63, 3.8) is 0 Å². The number of azo groups is 1. The third-order valence-electron chi connectivity index (χ3n) is 5.18. The molecule has 2 heterocycles. The van der Waals surface area contributed by atoms with Crippen molar-refractivity contribution in [2.24, 2.45) is 20.5 Å². The van der Waals surface area contributed by atoms with E-state index in [1.54, 1.807) is 18.3 Å². The second-order valence-corrected chi connectivity index (χ2v) is 10.2. The number of thiazole rings is 1. The van der Waals surface area contributed by atoms with E-state index < -0.39 is 10.0 Å². The summed E-state index contributed by atoms with van der Waals surface area (Å²) in [4.78, 5) is 6.86. The smallest absolute Gasteiger partial charge is 0.238 e. The molecule has 0 spiro atoms. The van der Waals surface area contributed by atoms with Crippen LogP contribution in [-0.4, -0.2) is 32.7 Å². The first-order valence-corrected chi connectivity index (χ1v) is 12.9. The molecule has 9 nitrogen and oxygen atoms in total. The maximum atomic E-state index is 11.3. The molecule has 0 unspecified atom stereocenters. The van der Waals surface area contributed by atoms with Gasteiger partial charge in [-0.3, -0.25) is 5.43 Å². The van der Waals surface area contributed by atoms with Crippen molar-refractivity contribution in [3.8, 4) is 0 Å². The zero-order valence-corrected chi connectivity index (χ0v) is 19.8. The van der Waals surface area contributed by atoms with Crippen LogP contribution in [0.2, 0.25) is 0 Å². The highest BCUT2D eigenvalue weighted by Gasteiger charge is 2.10. The summed E-state index contributed by atoms with van der Waals surface area (Å²) in [7, 11) is -3.73. The molecule has 1 aliphatic rings. The van der Waals surface area contributed by atoms with E-state index in [4.69, 9.17) is 5.14 Å². The molecule has 2 aromatic carbocycles. The van der Waals surface area contributed by atoms with E-state index in [0.29, 0.717) is 21.5 Å². The number of anilines is 2. The van der Waals surface area contributed by atoms with Gasteiger partial charge in [0.05, 0.1) is 22.5 Å². The molecule has 33 heavy (non-hydrogen) atoms. The van der Waals surface area contributed by atoms with Gasteiger partial charge in [0.1, 0.15) is 0 Å². The molecule has 1 aromatic heterocycles. The van der Waals surface area contributed by atoms with Crippen molar-refractivity contribution < 1.29 is 8.42 Å². The van der Waals surface area contributed by atoms with Crippen LogP contribution in [0.3, 0.4) is 0 Å². The number of aromatic nitrogens is 1. The van der Waals surface area contributed by atoms with E-state index in [1.165, 1.54) is 48.4 Å². The number of primary sulfonamides is 1. The Hall–Kier alpha value is -3.15. The Kier molecular flexibility index (Phi) is 7.11. The molecular formula is C22H25N7O2S2. The van der Waals surface area contributed by atoms with Crippen LogP contribution in [0.4, 0.5) is 21.5 Å². The largest absolute Gasteiger partial charge is 0.372 e. The quantitative estimate of drug-likeness (QED) is 0.279. The third kappa shape index (κ3) is 6.21. The van der Waals surface area contributed by atoms with Crippen molar-refractivity contribution >= 4 is 49.1 Å². The summed E-state index contributed by atoms with van der Waals surface area (Å²) in [5.74, 6) is 0. The molecule has 172 valence electrons. The lowest BCUT2D eigenvalue weighted by Crippen LogP contribution is -2.29. The van der Waals surface area contributed by atoms with Crippen molar-refractivity contribution in [1.29, 1.82) is 0 Å². The van der Waals surface area contributed by atoms with Gasteiger partial charge < -0.3 is 4.90 Å². The molecule has 0 aliphatic carbocycles. The van der Waals surface area contributed by atoms with E-state index in [0.717, 1.165) is 18.7 Å². The minimum atomic E-state index is -3.73. The number of hydrogen-bond donors (Lipinski definition) is 2. The summed E-state index contributed by atoms with van der Waals surface area (Å²) in [5, 5.41) is 19.0. The highest BCUT2D eigenvalue weighted by atomic mass is 32.2. The van der Waals surface area contributed by atoms with Crippen LogP contribution >= 0.6 is 11.3 Å². The predicted molar refractivity (Wildman–Crippen MR) is 133 cm³/mol. The topological polar surface area (TPSA) is 125 Å². The number of hydrazone groups is 1. The van der Waals surface area contributed by atoms with E-state index in [2.05, 4.69) is 54.9 Å². The Balaban J connectivity index is 1.35. The summed E-state index contributed by atoms with van der Waals surface area (Å²) in [5.41, 5.74) is 6.42. The van der Waals surface area contributed by atoms with Crippen molar-refractivity contribution in [2.75, 3.05) is 23.4 Å². The van der Waals surface area contributed by atoms with Gasteiger partial charge in [-0.15, -0.1) is 10.2 Å². The second kappa shape index (κ2) is 10.2. The molecule has 0 atom stereocenters.